The van der Waals surface area contributed by atoms with Crippen LogP contribution in [0.25, 0.3) is 0 Å². The maximum absolute atomic E-state index is 12.5. The van der Waals surface area contributed by atoms with Crippen LogP contribution in [-0.2, 0) is 0 Å². The van der Waals surface area contributed by atoms with E-state index in [1.54, 1.807) is 6.07 Å². The van der Waals surface area contributed by atoms with Gasteiger partial charge in [-0.3, -0.25) is 0 Å². The van der Waals surface area contributed by atoms with Crippen molar-refractivity contribution in [2.24, 2.45) is 0 Å². The van der Waals surface area contributed by atoms with Crippen LogP contribution in [0.15, 0.2) is 18.3 Å². The Morgan fingerprint density at radius 2 is 2.29 bits per heavy atom. The molecule has 0 atom stereocenters. The third-order valence-electron chi connectivity index (χ3n) is 2.61. The molecule has 0 amide bonds. The van der Waals surface area contributed by atoms with Crippen LogP contribution >= 0.6 is 0 Å². The molecule has 2 N–H and O–H groups in total. The van der Waals surface area contributed by atoms with Crippen LogP contribution in [0, 0.1) is 5.82 Å². The largest absolute Gasteiger partial charge is 0.388 e. The zero-order valence-electron chi connectivity index (χ0n) is 7.83. The van der Waals surface area contributed by atoms with Gasteiger partial charge in [-0.1, -0.05) is 0 Å². The number of nitrogens with zero attached hydrogens (tertiary/aromatic N) is 1. The summed E-state index contributed by atoms with van der Waals surface area (Å²) in [5.41, 5.74) is -0.573. The van der Waals surface area contributed by atoms with Crippen LogP contribution < -0.4 is 5.32 Å². The molecule has 0 spiro atoms. The monoisotopic (exact) mass is 196 g/mol. The summed E-state index contributed by atoms with van der Waals surface area (Å²) in [6.45, 7) is 0.492. The number of hydrogen-bond donors (Lipinski definition) is 2. The van der Waals surface area contributed by atoms with Crippen LogP contribution in [0.3, 0.4) is 0 Å². The lowest BCUT2D eigenvalue weighted by Gasteiger charge is -2.36. The SMILES string of the molecule is OC1(CNc2ccc(F)cn2)CCC1. The molecule has 1 aromatic heterocycles. The fourth-order valence-corrected chi connectivity index (χ4v) is 1.50. The van der Waals surface area contributed by atoms with E-state index in [9.17, 15) is 9.50 Å². The number of pyridine rings is 1. The van der Waals surface area contributed by atoms with E-state index >= 15 is 0 Å². The van der Waals surface area contributed by atoms with Crippen molar-refractivity contribution in [3.63, 3.8) is 0 Å². The van der Waals surface area contributed by atoms with Crippen LogP contribution in [0.4, 0.5) is 10.2 Å². The Morgan fingerprint density at radius 3 is 2.79 bits per heavy atom. The molecule has 1 fully saturated rings. The van der Waals surface area contributed by atoms with Crippen molar-refractivity contribution >= 4 is 5.82 Å². The molecule has 76 valence electrons. The zero-order chi connectivity index (χ0) is 10.0. The average Bonchev–Trinajstić information content (AvgIpc) is 2.14. The first-order chi connectivity index (χ1) is 6.68. The van der Waals surface area contributed by atoms with Gasteiger partial charge in [-0.2, -0.15) is 0 Å². The Balaban J connectivity index is 1.88. The fraction of sp³-hybridized carbons (Fsp3) is 0.500. The average molecular weight is 196 g/mol. The van der Waals surface area contributed by atoms with Gasteiger partial charge in [0.1, 0.15) is 11.6 Å². The van der Waals surface area contributed by atoms with Gasteiger partial charge in [-0.25, -0.2) is 9.37 Å². The second-order valence-corrected chi connectivity index (χ2v) is 3.79. The van der Waals surface area contributed by atoms with Crippen molar-refractivity contribution in [1.82, 2.24) is 4.98 Å². The molecular formula is C10H13FN2O. The normalized spacial score (nSPS) is 18.7. The molecule has 1 saturated carbocycles. The number of hydrogen-bond acceptors (Lipinski definition) is 3. The van der Waals surface area contributed by atoms with E-state index in [0.29, 0.717) is 12.4 Å². The summed E-state index contributed by atoms with van der Waals surface area (Å²) in [6, 6.07) is 2.91. The third-order valence-corrected chi connectivity index (χ3v) is 2.61. The van der Waals surface area contributed by atoms with Gasteiger partial charge < -0.3 is 10.4 Å². The van der Waals surface area contributed by atoms with Crippen molar-refractivity contribution in [2.75, 3.05) is 11.9 Å². The second-order valence-electron chi connectivity index (χ2n) is 3.79. The molecule has 4 heteroatoms. The minimum absolute atomic E-state index is 0.349. The van der Waals surface area contributed by atoms with Gasteiger partial charge in [0.2, 0.25) is 0 Å². The number of anilines is 1. The zero-order valence-corrected chi connectivity index (χ0v) is 7.83. The molecule has 2 rings (SSSR count). The lowest BCUT2D eigenvalue weighted by atomic mass is 9.80. The number of rotatable bonds is 3. The van der Waals surface area contributed by atoms with E-state index in [4.69, 9.17) is 0 Å². The Bertz CT molecular complexity index is 308. The number of aromatic nitrogens is 1. The summed E-state index contributed by atoms with van der Waals surface area (Å²) in [5.74, 6) is 0.254. The van der Waals surface area contributed by atoms with Crippen LogP contribution in [0.1, 0.15) is 19.3 Å². The second kappa shape index (κ2) is 3.53. The quantitative estimate of drug-likeness (QED) is 0.771. The lowest BCUT2D eigenvalue weighted by Crippen LogP contribution is -2.43. The molecule has 1 aromatic rings. The first-order valence-electron chi connectivity index (χ1n) is 4.76. The van der Waals surface area contributed by atoms with Crippen molar-refractivity contribution in [3.05, 3.63) is 24.1 Å². The van der Waals surface area contributed by atoms with E-state index in [1.165, 1.54) is 6.07 Å². The van der Waals surface area contributed by atoms with E-state index in [-0.39, 0.29) is 5.82 Å². The van der Waals surface area contributed by atoms with Crippen molar-refractivity contribution in [1.29, 1.82) is 0 Å². The molecule has 14 heavy (non-hydrogen) atoms. The molecule has 0 radical (unpaired) electrons. The molecule has 1 aliphatic rings. The molecule has 1 heterocycles. The van der Waals surface area contributed by atoms with Crippen molar-refractivity contribution in [3.8, 4) is 0 Å². The van der Waals surface area contributed by atoms with E-state index in [0.717, 1.165) is 25.5 Å². The maximum atomic E-state index is 12.5. The Labute approximate surface area is 82.0 Å². The summed E-state index contributed by atoms with van der Waals surface area (Å²) in [5, 5.41) is 12.7. The maximum Gasteiger partial charge on any atom is 0.141 e. The van der Waals surface area contributed by atoms with Gasteiger partial charge in [0.25, 0.3) is 0 Å². The number of aliphatic hydroxyl groups is 1. The highest BCUT2D eigenvalue weighted by Gasteiger charge is 2.33. The summed E-state index contributed by atoms with van der Waals surface area (Å²) < 4.78 is 12.5. The Kier molecular flexibility index (Phi) is 2.37. The van der Waals surface area contributed by atoms with E-state index in [2.05, 4.69) is 10.3 Å². The topological polar surface area (TPSA) is 45.1 Å². The van der Waals surface area contributed by atoms with Gasteiger partial charge in [0.05, 0.1) is 11.8 Å². The smallest absolute Gasteiger partial charge is 0.141 e. The highest BCUT2D eigenvalue weighted by atomic mass is 19.1. The molecule has 1 aliphatic carbocycles. The van der Waals surface area contributed by atoms with Crippen LogP contribution in [0.2, 0.25) is 0 Å². The summed E-state index contributed by atoms with van der Waals surface area (Å²) in [7, 11) is 0. The summed E-state index contributed by atoms with van der Waals surface area (Å²) >= 11 is 0. The first kappa shape index (κ1) is 9.40. The highest BCUT2D eigenvalue weighted by Crippen LogP contribution is 2.31. The molecule has 0 saturated heterocycles. The first-order valence-corrected chi connectivity index (χ1v) is 4.76. The van der Waals surface area contributed by atoms with E-state index in [1.807, 2.05) is 0 Å². The number of nitrogens with one attached hydrogen (secondary N) is 1. The number of halogens is 1. The minimum Gasteiger partial charge on any atom is -0.388 e. The van der Waals surface area contributed by atoms with Gasteiger partial charge in [-0.15, -0.1) is 0 Å². The molecule has 0 unspecified atom stereocenters. The Morgan fingerprint density at radius 1 is 1.50 bits per heavy atom. The van der Waals surface area contributed by atoms with Gasteiger partial charge in [0, 0.05) is 6.54 Å². The molecule has 3 nitrogen and oxygen atoms in total. The predicted octanol–water partition coefficient (Wildman–Crippen LogP) is 1.55. The van der Waals surface area contributed by atoms with Gasteiger partial charge in [-0.05, 0) is 31.4 Å². The molecule has 0 aromatic carbocycles. The van der Waals surface area contributed by atoms with E-state index < -0.39 is 5.60 Å². The van der Waals surface area contributed by atoms with Gasteiger partial charge in [0.15, 0.2) is 0 Å². The highest BCUT2D eigenvalue weighted by molar-refractivity contribution is 5.34. The molecule has 0 bridgehead atoms. The molecular weight excluding hydrogens is 183 g/mol. The third kappa shape index (κ3) is 2.01. The Hall–Kier alpha value is -1.16. The summed E-state index contributed by atoms with van der Waals surface area (Å²) in [6.07, 6.45) is 3.91. The fourth-order valence-electron chi connectivity index (χ4n) is 1.50. The summed E-state index contributed by atoms with van der Waals surface area (Å²) in [4.78, 5) is 3.84. The van der Waals surface area contributed by atoms with Crippen LogP contribution in [-0.4, -0.2) is 22.2 Å². The standard InChI is InChI=1S/C10H13FN2O/c11-8-2-3-9(12-6-8)13-7-10(14)4-1-5-10/h2-3,6,14H,1,4-5,7H2,(H,12,13). The van der Waals surface area contributed by atoms with Gasteiger partial charge >= 0.3 is 0 Å². The lowest BCUT2D eigenvalue weighted by molar-refractivity contribution is -0.0202. The van der Waals surface area contributed by atoms with Crippen molar-refractivity contribution < 1.29 is 9.50 Å². The minimum atomic E-state index is -0.573. The van der Waals surface area contributed by atoms with Crippen molar-refractivity contribution in [2.45, 2.75) is 24.9 Å². The predicted molar refractivity (Wildman–Crippen MR) is 51.5 cm³/mol. The van der Waals surface area contributed by atoms with Crippen LogP contribution in [0.5, 0.6) is 0 Å². The molecule has 0 aliphatic heterocycles.